The molecule has 0 fully saturated rings. The van der Waals surface area contributed by atoms with Crippen molar-refractivity contribution >= 4 is 11.6 Å². The third-order valence-corrected chi connectivity index (χ3v) is 2.98. The topological polar surface area (TPSA) is 96.6 Å². The van der Waals surface area contributed by atoms with Gasteiger partial charge in [0.2, 0.25) is 0 Å². The molecule has 0 unspecified atom stereocenters. The summed E-state index contributed by atoms with van der Waals surface area (Å²) in [6.45, 7) is -0.987. The first-order valence-corrected chi connectivity index (χ1v) is 6.89. The van der Waals surface area contributed by atoms with E-state index in [1.54, 1.807) is 6.07 Å². The van der Waals surface area contributed by atoms with Gasteiger partial charge in [-0.15, -0.1) is 0 Å². The maximum atomic E-state index is 12.9. The summed E-state index contributed by atoms with van der Waals surface area (Å²) in [5, 5.41) is 29.1. The molecule has 0 radical (unpaired) electrons. The largest absolute Gasteiger partial charge is 0.418 e. The molecule has 0 saturated heterocycles. The van der Waals surface area contributed by atoms with Crippen molar-refractivity contribution in [2.45, 2.75) is 6.18 Å². The number of hydrogen-bond acceptors (Lipinski definition) is 5. The molecule has 0 aliphatic heterocycles. The predicted molar refractivity (Wildman–Crippen MR) is 79.5 cm³/mol. The second-order valence-electron chi connectivity index (χ2n) is 4.60. The lowest BCUT2D eigenvalue weighted by atomic mass is 10.1. The summed E-state index contributed by atoms with van der Waals surface area (Å²) in [7, 11) is 0. The molecule has 0 atom stereocenters. The standard InChI is InChI=1S/C15H16F3N3O3/c16-15(17,18)12-3-1-2-4-13(12)20-10-11(9-19)14(24)21(5-7-22)6-8-23/h1-4,10,20,22-23H,5-8H2/b11-10-. The van der Waals surface area contributed by atoms with Gasteiger partial charge in [-0.1, -0.05) is 12.1 Å². The van der Waals surface area contributed by atoms with Crippen molar-refractivity contribution < 1.29 is 28.2 Å². The highest BCUT2D eigenvalue weighted by molar-refractivity contribution is 5.97. The summed E-state index contributed by atoms with van der Waals surface area (Å²) in [6.07, 6.45) is -3.72. The highest BCUT2D eigenvalue weighted by Gasteiger charge is 2.33. The van der Waals surface area contributed by atoms with E-state index in [-0.39, 0.29) is 32.0 Å². The monoisotopic (exact) mass is 343 g/mol. The number of anilines is 1. The van der Waals surface area contributed by atoms with E-state index in [2.05, 4.69) is 5.32 Å². The Labute approximate surface area is 136 Å². The maximum absolute atomic E-state index is 12.9. The minimum absolute atomic E-state index is 0.114. The van der Waals surface area contributed by atoms with Crippen molar-refractivity contribution in [3.05, 3.63) is 41.6 Å². The molecular weight excluding hydrogens is 327 g/mol. The third-order valence-electron chi connectivity index (χ3n) is 2.98. The Balaban J connectivity index is 3.03. The number of carbonyl (C=O) groups excluding carboxylic acids is 1. The Hall–Kier alpha value is -2.57. The maximum Gasteiger partial charge on any atom is 0.418 e. The van der Waals surface area contributed by atoms with E-state index < -0.39 is 23.2 Å². The van der Waals surface area contributed by atoms with Crippen LogP contribution >= 0.6 is 0 Å². The van der Waals surface area contributed by atoms with Gasteiger partial charge < -0.3 is 20.4 Å². The van der Waals surface area contributed by atoms with Crippen LogP contribution in [-0.2, 0) is 11.0 Å². The molecule has 0 aliphatic carbocycles. The van der Waals surface area contributed by atoms with Crippen molar-refractivity contribution in [2.75, 3.05) is 31.6 Å². The van der Waals surface area contributed by atoms with Gasteiger partial charge in [0.15, 0.2) is 0 Å². The van der Waals surface area contributed by atoms with Gasteiger partial charge in [0, 0.05) is 19.3 Å². The van der Waals surface area contributed by atoms with Gasteiger partial charge in [0.1, 0.15) is 11.6 Å². The van der Waals surface area contributed by atoms with Gasteiger partial charge in [-0.3, -0.25) is 4.79 Å². The van der Waals surface area contributed by atoms with Gasteiger partial charge in [-0.05, 0) is 12.1 Å². The third kappa shape index (κ3) is 5.26. The van der Waals surface area contributed by atoms with Gasteiger partial charge >= 0.3 is 6.18 Å². The number of carbonyl (C=O) groups is 1. The minimum atomic E-state index is -4.59. The Morgan fingerprint density at radius 2 is 1.83 bits per heavy atom. The van der Waals surface area contributed by atoms with Crippen LogP contribution in [0.25, 0.3) is 0 Å². The summed E-state index contributed by atoms with van der Waals surface area (Å²) in [4.78, 5) is 13.1. The van der Waals surface area contributed by atoms with E-state index in [1.165, 1.54) is 12.1 Å². The second-order valence-corrected chi connectivity index (χ2v) is 4.60. The number of benzene rings is 1. The SMILES string of the molecule is N#C/C(=C/Nc1ccccc1C(F)(F)F)C(=O)N(CCO)CCO. The van der Waals surface area contributed by atoms with E-state index in [4.69, 9.17) is 15.5 Å². The molecule has 3 N–H and O–H groups in total. The van der Waals surface area contributed by atoms with Gasteiger partial charge in [0.25, 0.3) is 5.91 Å². The highest BCUT2D eigenvalue weighted by Crippen LogP contribution is 2.34. The number of aliphatic hydroxyl groups is 2. The van der Waals surface area contributed by atoms with E-state index in [9.17, 15) is 18.0 Å². The molecule has 0 spiro atoms. The van der Waals surface area contributed by atoms with Gasteiger partial charge in [-0.25, -0.2) is 0 Å². The number of alkyl halides is 3. The number of aliphatic hydroxyl groups excluding tert-OH is 2. The Kier molecular flexibility index (Phi) is 7.23. The molecule has 6 nitrogen and oxygen atoms in total. The van der Waals surface area contributed by atoms with E-state index in [0.717, 1.165) is 23.2 Å². The van der Waals surface area contributed by atoms with Crippen molar-refractivity contribution in [2.24, 2.45) is 0 Å². The molecule has 130 valence electrons. The average Bonchev–Trinajstić information content (AvgIpc) is 2.54. The fraction of sp³-hybridized carbons (Fsp3) is 0.333. The molecule has 0 aromatic heterocycles. The molecule has 1 aromatic rings. The zero-order chi connectivity index (χ0) is 18.2. The molecule has 0 saturated carbocycles. The molecule has 1 amide bonds. The first kappa shape index (κ1) is 19.5. The average molecular weight is 343 g/mol. The fourth-order valence-corrected chi connectivity index (χ4v) is 1.87. The first-order valence-electron chi connectivity index (χ1n) is 6.89. The lowest BCUT2D eigenvalue weighted by molar-refractivity contribution is -0.137. The molecular formula is C15H16F3N3O3. The van der Waals surface area contributed by atoms with Crippen LogP contribution < -0.4 is 5.32 Å². The van der Waals surface area contributed by atoms with Gasteiger partial charge in [0.05, 0.1) is 24.5 Å². The van der Waals surface area contributed by atoms with Crippen LogP contribution in [0.15, 0.2) is 36.0 Å². The van der Waals surface area contributed by atoms with Crippen LogP contribution in [0, 0.1) is 11.3 Å². The van der Waals surface area contributed by atoms with Crippen LogP contribution in [0.1, 0.15) is 5.56 Å². The number of para-hydroxylation sites is 1. The van der Waals surface area contributed by atoms with Crippen LogP contribution in [0.2, 0.25) is 0 Å². The van der Waals surface area contributed by atoms with Gasteiger partial charge in [-0.2, -0.15) is 18.4 Å². The van der Waals surface area contributed by atoms with Crippen molar-refractivity contribution in [3.8, 4) is 6.07 Å². The van der Waals surface area contributed by atoms with Crippen molar-refractivity contribution in [3.63, 3.8) is 0 Å². The van der Waals surface area contributed by atoms with Crippen LogP contribution in [0.4, 0.5) is 18.9 Å². The predicted octanol–water partition coefficient (Wildman–Crippen LogP) is 1.34. The lowest BCUT2D eigenvalue weighted by Gasteiger charge is -2.20. The number of hydrogen-bond donors (Lipinski definition) is 3. The summed E-state index contributed by atoms with van der Waals surface area (Å²) >= 11 is 0. The lowest BCUT2D eigenvalue weighted by Crippen LogP contribution is -2.36. The van der Waals surface area contributed by atoms with Crippen molar-refractivity contribution in [1.29, 1.82) is 5.26 Å². The zero-order valence-electron chi connectivity index (χ0n) is 12.5. The smallest absolute Gasteiger partial charge is 0.395 e. The normalized spacial score (nSPS) is 11.8. The Bertz CT molecular complexity index is 633. The number of nitrogens with zero attached hydrogens (tertiary/aromatic N) is 2. The quantitative estimate of drug-likeness (QED) is 0.513. The molecule has 9 heteroatoms. The van der Waals surface area contributed by atoms with Crippen molar-refractivity contribution in [1.82, 2.24) is 4.90 Å². The minimum Gasteiger partial charge on any atom is -0.395 e. The molecule has 1 aromatic carbocycles. The fourth-order valence-electron chi connectivity index (χ4n) is 1.87. The van der Waals surface area contributed by atoms with E-state index in [1.807, 2.05) is 0 Å². The Morgan fingerprint density at radius 3 is 2.33 bits per heavy atom. The number of rotatable bonds is 7. The summed E-state index contributed by atoms with van der Waals surface area (Å²) in [6, 6.07) is 6.22. The number of nitrogens with one attached hydrogen (secondary N) is 1. The Morgan fingerprint density at radius 1 is 1.25 bits per heavy atom. The van der Waals surface area contributed by atoms with E-state index >= 15 is 0 Å². The molecule has 24 heavy (non-hydrogen) atoms. The number of nitriles is 1. The molecule has 1 rings (SSSR count). The molecule has 0 bridgehead atoms. The molecule has 0 aliphatic rings. The molecule has 0 heterocycles. The number of halogens is 3. The second kappa shape index (κ2) is 8.90. The summed E-state index contributed by atoms with van der Waals surface area (Å²) in [5.41, 5.74) is -1.69. The van der Waals surface area contributed by atoms with E-state index in [0.29, 0.717) is 0 Å². The van der Waals surface area contributed by atoms with Crippen LogP contribution in [-0.4, -0.2) is 47.3 Å². The first-order chi connectivity index (χ1) is 11.3. The summed E-state index contributed by atoms with van der Waals surface area (Å²) < 4.78 is 38.7. The van der Waals surface area contributed by atoms with Crippen LogP contribution in [0.3, 0.4) is 0 Å². The number of amides is 1. The highest BCUT2D eigenvalue weighted by atomic mass is 19.4. The zero-order valence-corrected chi connectivity index (χ0v) is 12.5. The summed E-state index contributed by atoms with van der Waals surface area (Å²) in [5.74, 6) is -0.808. The van der Waals surface area contributed by atoms with Crippen LogP contribution in [0.5, 0.6) is 0 Å².